The van der Waals surface area contributed by atoms with Gasteiger partial charge < -0.3 is 10.6 Å². The minimum atomic E-state index is 0.189. The van der Waals surface area contributed by atoms with Crippen molar-refractivity contribution in [2.75, 3.05) is 13.1 Å². The number of amides is 1. The number of piperidine rings is 1. The maximum atomic E-state index is 11.4. The van der Waals surface area contributed by atoms with Gasteiger partial charge in [0.05, 0.1) is 0 Å². The van der Waals surface area contributed by atoms with Crippen LogP contribution >= 0.6 is 0 Å². The van der Waals surface area contributed by atoms with Crippen LogP contribution in [-0.4, -0.2) is 29.9 Å². The molecule has 1 aliphatic heterocycles. The molecule has 1 heterocycles. The molecule has 76 valence electrons. The summed E-state index contributed by atoms with van der Waals surface area (Å²) in [6, 6.07) is 0.189. The third-order valence-electron chi connectivity index (χ3n) is 2.99. The van der Waals surface area contributed by atoms with Gasteiger partial charge in [-0.1, -0.05) is 20.3 Å². The molecule has 3 nitrogen and oxygen atoms in total. The van der Waals surface area contributed by atoms with Crippen LogP contribution in [0.3, 0.4) is 0 Å². The van der Waals surface area contributed by atoms with E-state index in [0.29, 0.717) is 12.3 Å². The highest BCUT2D eigenvalue weighted by molar-refractivity contribution is 5.75. The summed E-state index contributed by atoms with van der Waals surface area (Å²) < 4.78 is 0. The van der Waals surface area contributed by atoms with Crippen LogP contribution in [0, 0.1) is 5.92 Å². The van der Waals surface area contributed by atoms with Gasteiger partial charge >= 0.3 is 0 Å². The fourth-order valence-electron chi connectivity index (χ4n) is 1.99. The molecule has 0 saturated carbocycles. The highest BCUT2D eigenvalue weighted by Crippen LogP contribution is 2.19. The SMILES string of the molecule is CCC(=O)N1CCC(CC)C(N)C1. The average Bonchev–Trinajstić information content (AvgIpc) is 2.16. The molecular formula is C10H20N2O. The highest BCUT2D eigenvalue weighted by atomic mass is 16.2. The second-order valence-electron chi connectivity index (χ2n) is 3.81. The Morgan fingerprint density at radius 3 is 2.69 bits per heavy atom. The number of likely N-dealkylation sites (tertiary alicyclic amines) is 1. The number of carbonyl (C=O) groups excluding carboxylic acids is 1. The minimum Gasteiger partial charge on any atom is -0.341 e. The van der Waals surface area contributed by atoms with Crippen molar-refractivity contribution in [1.82, 2.24) is 4.90 Å². The molecule has 0 aromatic heterocycles. The van der Waals surface area contributed by atoms with Crippen molar-refractivity contribution in [3.8, 4) is 0 Å². The Bertz CT molecular complexity index is 182. The number of rotatable bonds is 2. The Balaban J connectivity index is 2.45. The molecule has 1 amide bonds. The fraction of sp³-hybridized carbons (Fsp3) is 0.900. The van der Waals surface area contributed by atoms with Crippen LogP contribution in [0.15, 0.2) is 0 Å². The largest absolute Gasteiger partial charge is 0.341 e. The van der Waals surface area contributed by atoms with Crippen LogP contribution in [0.5, 0.6) is 0 Å². The zero-order valence-electron chi connectivity index (χ0n) is 8.62. The van der Waals surface area contributed by atoms with Gasteiger partial charge in [-0.25, -0.2) is 0 Å². The molecule has 0 aromatic carbocycles. The fourth-order valence-corrected chi connectivity index (χ4v) is 1.99. The maximum absolute atomic E-state index is 11.4. The van der Waals surface area contributed by atoms with E-state index in [1.807, 2.05) is 11.8 Å². The lowest BCUT2D eigenvalue weighted by molar-refractivity contribution is -0.132. The summed E-state index contributed by atoms with van der Waals surface area (Å²) in [5.74, 6) is 0.853. The van der Waals surface area contributed by atoms with E-state index < -0.39 is 0 Å². The predicted octanol–water partition coefficient (Wildman–Crippen LogP) is 0.982. The Hall–Kier alpha value is -0.570. The van der Waals surface area contributed by atoms with Gasteiger partial charge in [-0.2, -0.15) is 0 Å². The molecule has 0 aromatic rings. The zero-order valence-corrected chi connectivity index (χ0v) is 8.62. The maximum Gasteiger partial charge on any atom is 0.222 e. The van der Waals surface area contributed by atoms with Gasteiger partial charge in [-0.15, -0.1) is 0 Å². The van der Waals surface area contributed by atoms with E-state index in [1.165, 1.54) is 0 Å². The van der Waals surface area contributed by atoms with Crippen molar-refractivity contribution < 1.29 is 4.79 Å². The molecule has 0 bridgehead atoms. The molecule has 1 saturated heterocycles. The molecule has 0 aliphatic carbocycles. The van der Waals surface area contributed by atoms with Crippen LogP contribution < -0.4 is 5.73 Å². The van der Waals surface area contributed by atoms with Gasteiger partial charge in [-0.05, 0) is 12.3 Å². The second kappa shape index (κ2) is 4.61. The lowest BCUT2D eigenvalue weighted by Crippen LogP contribution is -2.50. The average molecular weight is 184 g/mol. The van der Waals surface area contributed by atoms with Crippen molar-refractivity contribution >= 4 is 5.91 Å². The summed E-state index contributed by atoms with van der Waals surface area (Å²) in [6.07, 6.45) is 2.81. The molecule has 2 N–H and O–H groups in total. The summed E-state index contributed by atoms with van der Waals surface area (Å²) >= 11 is 0. The van der Waals surface area contributed by atoms with Crippen LogP contribution in [0.4, 0.5) is 0 Å². The first-order valence-electron chi connectivity index (χ1n) is 5.22. The first kappa shape index (κ1) is 10.5. The number of nitrogens with zero attached hydrogens (tertiary/aromatic N) is 1. The molecule has 3 heteroatoms. The smallest absolute Gasteiger partial charge is 0.222 e. The number of hydrogen-bond acceptors (Lipinski definition) is 2. The van der Waals surface area contributed by atoms with Crippen LogP contribution in [0.1, 0.15) is 33.1 Å². The van der Waals surface area contributed by atoms with E-state index in [4.69, 9.17) is 5.73 Å². The highest BCUT2D eigenvalue weighted by Gasteiger charge is 2.26. The molecule has 1 rings (SSSR count). The van der Waals surface area contributed by atoms with Gasteiger partial charge in [0.2, 0.25) is 5.91 Å². The van der Waals surface area contributed by atoms with Gasteiger partial charge in [-0.3, -0.25) is 4.79 Å². The lowest BCUT2D eigenvalue weighted by atomic mass is 9.90. The molecule has 1 fully saturated rings. The Morgan fingerprint density at radius 2 is 2.23 bits per heavy atom. The van der Waals surface area contributed by atoms with Gasteiger partial charge in [0.1, 0.15) is 0 Å². The lowest BCUT2D eigenvalue weighted by Gasteiger charge is -2.36. The summed E-state index contributed by atoms with van der Waals surface area (Å²) in [7, 11) is 0. The Morgan fingerprint density at radius 1 is 1.54 bits per heavy atom. The van der Waals surface area contributed by atoms with Crippen LogP contribution in [0.25, 0.3) is 0 Å². The summed E-state index contributed by atoms with van der Waals surface area (Å²) in [4.78, 5) is 13.3. The number of carbonyl (C=O) groups is 1. The monoisotopic (exact) mass is 184 g/mol. The normalized spacial score (nSPS) is 29.0. The minimum absolute atomic E-state index is 0.189. The van der Waals surface area contributed by atoms with Crippen molar-refractivity contribution in [2.45, 2.75) is 39.2 Å². The molecule has 2 atom stereocenters. The van der Waals surface area contributed by atoms with E-state index in [-0.39, 0.29) is 11.9 Å². The number of hydrogen-bond donors (Lipinski definition) is 1. The molecule has 2 unspecified atom stereocenters. The van der Waals surface area contributed by atoms with E-state index in [2.05, 4.69) is 6.92 Å². The van der Waals surface area contributed by atoms with Crippen LogP contribution in [0.2, 0.25) is 0 Å². The van der Waals surface area contributed by atoms with Crippen molar-refractivity contribution in [3.63, 3.8) is 0 Å². The number of nitrogens with two attached hydrogens (primary N) is 1. The van der Waals surface area contributed by atoms with Crippen molar-refractivity contribution in [3.05, 3.63) is 0 Å². The summed E-state index contributed by atoms with van der Waals surface area (Å²) in [6.45, 7) is 5.73. The molecular weight excluding hydrogens is 164 g/mol. The summed E-state index contributed by atoms with van der Waals surface area (Å²) in [5, 5.41) is 0. The quantitative estimate of drug-likeness (QED) is 0.695. The van der Waals surface area contributed by atoms with Crippen molar-refractivity contribution in [1.29, 1.82) is 0 Å². The van der Waals surface area contributed by atoms with Crippen LogP contribution in [-0.2, 0) is 4.79 Å². The summed E-state index contributed by atoms with van der Waals surface area (Å²) in [5.41, 5.74) is 5.98. The topological polar surface area (TPSA) is 46.3 Å². The third-order valence-corrected chi connectivity index (χ3v) is 2.99. The zero-order chi connectivity index (χ0) is 9.84. The predicted molar refractivity (Wildman–Crippen MR) is 53.2 cm³/mol. The Kier molecular flexibility index (Phi) is 3.72. The standard InChI is InChI=1S/C10H20N2O/c1-3-8-5-6-12(7-9(8)11)10(13)4-2/h8-9H,3-7,11H2,1-2H3. The van der Waals surface area contributed by atoms with Gasteiger partial charge in [0.25, 0.3) is 0 Å². The third kappa shape index (κ3) is 2.44. The second-order valence-corrected chi connectivity index (χ2v) is 3.81. The first-order valence-corrected chi connectivity index (χ1v) is 5.22. The van der Waals surface area contributed by atoms with E-state index in [0.717, 1.165) is 25.9 Å². The van der Waals surface area contributed by atoms with Gasteiger partial charge in [0, 0.05) is 25.6 Å². The molecule has 1 aliphatic rings. The molecule has 0 spiro atoms. The molecule has 13 heavy (non-hydrogen) atoms. The van der Waals surface area contributed by atoms with E-state index >= 15 is 0 Å². The van der Waals surface area contributed by atoms with Gasteiger partial charge in [0.15, 0.2) is 0 Å². The molecule has 0 radical (unpaired) electrons. The van der Waals surface area contributed by atoms with E-state index in [9.17, 15) is 4.79 Å². The Labute approximate surface area is 80.3 Å². The first-order chi connectivity index (χ1) is 6.19. The van der Waals surface area contributed by atoms with E-state index in [1.54, 1.807) is 0 Å². The van der Waals surface area contributed by atoms with Crippen molar-refractivity contribution in [2.24, 2.45) is 11.7 Å².